The Morgan fingerprint density at radius 2 is 0.800 bits per heavy atom. The van der Waals surface area contributed by atoms with Gasteiger partial charge in [-0.3, -0.25) is 0 Å². The first-order valence-corrected chi connectivity index (χ1v) is 12.5. The van der Waals surface area contributed by atoms with Gasteiger partial charge in [0.2, 0.25) is 11.0 Å². The molecule has 0 fully saturated rings. The molecule has 4 rings (SSSR count). The van der Waals surface area contributed by atoms with Crippen molar-refractivity contribution >= 4 is 21.8 Å². The van der Waals surface area contributed by atoms with Crippen molar-refractivity contribution in [2.75, 3.05) is 0 Å². The van der Waals surface area contributed by atoms with E-state index in [0.717, 1.165) is 0 Å². The molecule has 2 heterocycles. The zero-order valence-corrected chi connectivity index (χ0v) is 25.5. The molecular formula is C30H40I2N2O. The van der Waals surface area contributed by atoms with Crippen molar-refractivity contribution < 1.29 is 62.6 Å². The van der Waals surface area contributed by atoms with Gasteiger partial charge in [-0.1, -0.05) is 62.8 Å². The number of hydrogen-bond donors (Lipinski definition) is 0. The quantitative estimate of drug-likeness (QED) is 0.118. The summed E-state index contributed by atoms with van der Waals surface area (Å²) >= 11 is 0. The molecule has 190 valence electrons. The normalized spacial score (nSPS) is 10.5. The molecule has 0 saturated heterocycles. The van der Waals surface area contributed by atoms with E-state index in [9.17, 15) is 0 Å². The summed E-state index contributed by atoms with van der Waals surface area (Å²) < 4.78 is 4.73. The minimum atomic E-state index is 0. The SMILES string of the molecule is C[n+]1c(CCCCCCCCCCc2ccc3ccccc3[n+]2C)ccc2ccccc21.O.[I-].[I-]. The standard InChI is InChI=1S/C30H38N2.2HI.H2O/c1-31-27(23-21-25-15-11-13-19-29(25)31)17-9-7-5-3-4-6-8-10-18-28-24-22-26-16-12-14-20-30(26)32(28)2;;;/h11-16,19-24H,3-10,17-18H2,1-2H3;2*1H;1H2/q+2;;;/p-2. The molecule has 0 unspecified atom stereocenters. The predicted octanol–water partition coefficient (Wildman–Crippen LogP) is -0.269. The second kappa shape index (κ2) is 16.4. The molecule has 0 bridgehead atoms. The fourth-order valence-electron chi connectivity index (χ4n) is 4.95. The van der Waals surface area contributed by atoms with E-state index in [4.69, 9.17) is 0 Å². The summed E-state index contributed by atoms with van der Waals surface area (Å²) in [6.07, 6.45) is 13.2. The van der Waals surface area contributed by atoms with Crippen LogP contribution in [0.1, 0.15) is 62.8 Å². The number of nitrogens with zero attached hydrogens (tertiary/aromatic N) is 2. The van der Waals surface area contributed by atoms with E-state index in [-0.39, 0.29) is 53.4 Å². The highest BCUT2D eigenvalue weighted by atomic mass is 127. The van der Waals surface area contributed by atoms with Crippen molar-refractivity contribution in [1.29, 1.82) is 0 Å². The zero-order valence-electron chi connectivity index (χ0n) is 21.1. The maximum Gasteiger partial charge on any atom is 0.212 e. The number of pyridine rings is 2. The molecule has 0 amide bonds. The summed E-state index contributed by atoms with van der Waals surface area (Å²) in [4.78, 5) is 0. The van der Waals surface area contributed by atoms with Crippen LogP contribution in [0, 0.1) is 0 Å². The Bertz CT molecular complexity index is 1090. The van der Waals surface area contributed by atoms with Crippen LogP contribution in [0.3, 0.4) is 0 Å². The van der Waals surface area contributed by atoms with Crippen LogP contribution in [0.5, 0.6) is 0 Å². The minimum absolute atomic E-state index is 0. The molecule has 0 atom stereocenters. The molecule has 4 aromatic rings. The van der Waals surface area contributed by atoms with Crippen LogP contribution in [0.25, 0.3) is 21.8 Å². The molecule has 0 saturated carbocycles. The highest BCUT2D eigenvalue weighted by Crippen LogP contribution is 2.15. The number of fused-ring (bicyclic) bond motifs is 2. The molecular weight excluding hydrogens is 658 g/mol. The lowest BCUT2D eigenvalue weighted by atomic mass is 10.0. The Morgan fingerprint density at radius 1 is 0.457 bits per heavy atom. The lowest BCUT2D eigenvalue weighted by Gasteiger charge is -2.05. The van der Waals surface area contributed by atoms with Gasteiger partial charge < -0.3 is 53.4 Å². The number of halogens is 2. The predicted molar refractivity (Wildman–Crippen MR) is 138 cm³/mol. The second-order valence-corrected chi connectivity index (χ2v) is 9.21. The van der Waals surface area contributed by atoms with Gasteiger partial charge in [-0.25, -0.2) is 0 Å². The van der Waals surface area contributed by atoms with Crippen LogP contribution in [-0.4, -0.2) is 5.48 Å². The maximum atomic E-state index is 2.37. The van der Waals surface area contributed by atoms with Crippen LogP contribution in [0.15, 0.2) is 72.8 Å². The van der Waals surface area contributed by atoms with Crippen molar-refractivity contribution in [3.05, 3.63) is 84.2 Å². The Balaban J connectivity index is 0.00000204. The van der Waals surface area contributed by atoms with Crippen molar-refractivity contribution in [2.24, 2.45) is 14.1 Å². The number of rotatable bonds is 11. The first kappa shape index (κ1) is 31.7. The fraction of sp³-hybridized carbons (Fsp3) is 0.400. The average molecular weight is 698 g/mol. The molecule has 0 aliphatic rings. The summed E-state index contributed by atoms with van der Waals surface area (Å²) in [5, 5.41) is 2.65. The van der Waals surface area contributed by atoms with E-state index < -0.39 is 0 Å². The number of hydrogen-bond acceptors (Lipinski definition) is 0. The molecule has 2 aromatic heterocycles. The molecule has 0 aliphatic heterocycles. The summed E-state index contributed by atoms with van der Waals surface area (Å²) in [6.45, 7) is 0. The lowest BCUT2D eigenvalue weighted by molar-refractivity contribution is -0.653. The summed E-state index contributed by atoms with van der Waals surface area (Å²) in [7, 11) is 4.41. The average Bonchev–Trinajstić information content (AvgIpc) is 2.83. The van der Waals surface area contributed by atoms with Crippen LogP contribution in [0.2, 0.25) is 0 Å². The van der Waals surface area contributed by atoms with Crippen molar-refractivity contribution in [3.63, 3.8) is 0 Å². The summed E-state index contributed by atoms with van der Waals surface area (Å²) in [5.74, 6) is 0. The highest BCUT2D eigenvalue weighted by Gasteiger charge is 2.11. The zero-order chi connectivity index (χ0) is 22.2. The van der Waals surface area contributed by atoms with E-state index >= 15 is 0 Å². The maximum absolute atomic E-state index is 2.37. The van der Waals surface area contributed by atoms with E-state index in [1.54, 1.807) is 0 Å². The van der Waals surface area contributed by atoms with Gasteiger partial charge in [-0.05, 0) is 37.1 Å². The Hall–Kier alpha value is -1.32. The van der Waals surface area contributed by atoms with E-state index in [1.807, 2.05) is 0 Å². The van der Waals surface area contributed by atoms with E-state index in [2.05, 4.69) is 96.0 Å². The first-order chi connectivity index (χ1) is 15.7. The van der Waals surface area contributed by atoms with E-state index in [1.165, 1.54) is 97.4 Å². The smallest absolute Gasteiger partial charge is 0.212 e. The van der Waals surface area contributed by atoms with Crippen molar-refractivity contribution in [3.8, 4) is 0 Å². The highest BCUT2D eigenvalue weighted by molar-refractivity contribution is 5.75. The molecule has 2 aromatic carbocycles. The van der Waals surface area contributed by atoms with Gasteiger partial charge in [0.15, 0.2) is 11.4 Å². The third-order valence-corrected chi connectivity index (χ3v) is 6.98. The monoisotopic (exact) mass is 698 g/mol. The second-order valence-electron chi connectivity index (χ2n) is 9.21. The molecule has 0 radical (unpaired) electrons. The fourth-order valence-corrected chi connectivity index (χ4v) is 4.95. The van der Waals surface area contributed by atoms with Gasteiger partial charge in [0, 0.05) is 47.9 Å². The van der Waals surface area contributed by atoms with E-state index in [0.29, 0.717) is 0 Å². The number of benzene rings is 2. The molecule has 0 spiro atoms. The number of aromatic nitrogens is 2. The minimum Gasteiger partial charge on any atom is -1.00 e. The third kappa shape index (κ3) is 8.64. The Morgan fingerprint density at radius 3 is 1.20 bits per heavy atom. The lowest BCUT2D eigenvalue weighted by Crippen LogP contribution is -3.00. The molecule has 0 aliphatic carbocycles. The van der Waals surface area contributed by atoms with Crippen molar-refractivity contribution in [2.45, 2.75) is 64.2 Å². The number of para-hydroxylation sites is 2. The Kier molecular flexibility index (Phi) is 14.9. The topological polar surface area (TPSA) is 39.3 Å². The number of aryl methyl sites for hydroxylation is 4. The van der Waals surface area contributed by atoms with Gasteiger partial charge in [-0.15, -0.1) is 0 Å². The molecule has 2 N–H and O–H groups in total. The van der Waals surface area contributed by atoms with Crippen LogP contribution >= 0.6 is 0 Å². The largest absolute Gasteiger partial charge is 1.00 e. The van der Waals surface area contributed by atoms with Crippen LogP contribution in [-0.2, 0) is 26.9 Å². The van der Waals surface area contributed by atoms with Gasteiger partial charge in [0.05, 0.1) is 0 Å². The van der Waals surface area contributed by atoms with Gasteiger partial charge in [0.1, 0.15) is 14.1 Å². The number of unbranched alkanes of at least 4 members (excludes halogenated alkanes) is 7. The third-order valence-electron chi connectivity index (χ3n) is 6.98. The molecule has 3 nitrogen and oxygen atoms in total. The van der Waals surface area contributed by atoms with Crippen LogP contribution < -0.4 is 57.1 Å². The Labute approximate surface area is 245 Å². The first-order valence-electron chi connectivity index (χ1n) is 12.5. The van der Waals surface area contributed by atoms with Crippen molar-refractivity contribution in [1.82, 2.24) is 0 Å². The molecule has 5 heteroatoms. The van der Waals surface area contributed by atoms with Gasteiger partial charge >= 0.3 is 0 Å². The van der Waals surface area contributed by atoms with Gasteiger partial charge in [-0.2, -0.15) is 9.13 Å². The van der Waals surface area contributed by atoms with Crippen LogP contribution in [0.4, 0.5) is 0 Å². The summed E-state index contributed by atoms with van der Waals surface area (Å²) in [5.41, 5.74) is 5.57. The van der Waals surface area contributed by atoms with Gasteiger partial charge in [0.25, 0.3) is 0 Å². The molecule has 35 heavy (non-hydrogen) atoms. The summed E-state index contributed by atoms with van der Waals surface area (Å²) in [6, 6.07) is 26.5.